The highest BCUT2D eigenvalue weighted by Gasteiger charge is 2.15. The number of nitrogens with zero attached hydrogens (tertiary/aromatic N) is 1. The summed E-state index contributed by atoms with van der Waals surface area (Å²) in [6.07, 6.45) is 1.78. The molecule has 0 aliphatic carbocycles. The molecule has 6 heteroatoms. The molecule has 0 aliphatic rings. The summed E-state index contributed by atoms with van der Waals surface area (Å²) in [5.74, 6) is -0.195. The van der Waals surface area contributed by atoms with Crippen molar-refractivity contribution in [1.82, 2.24) is 4.98 Å². The van der Waals surface area contributed by atoms with E-state index in [0.29, 0.717) is 17.8 Å². The fourth-order valence-corrected chi connectivity index (χ4v) is 1.72. The first-order valence-corrected chi connectivity index (χ1v) is 5.73. The number of carbonyl (C=O) groups excluding carboxylic acids is 1. The van der Waals surface area contributed by atoms with Crippen LogP contribution in [0, 0.1) is 10.1 Å². The van der Waals surface area contributed by atoms with Crippen LogP contribution in [0.25, 0.3) is 0 Å². The van der Waals surface area contributed by atoms with E-state index < -0.39 is 4.92 Å². The minimum atomic E-state index is -0.497. The van der Waals surface area contributed by atoms with Gasteiger partial charge in [-0.05, 0) is 31.2 Å². The van der Waals surface area contributed by atoms with E-state index >= 15 is 0 Å². The third kappa shape index (κ3) is 2.98. The Balaban J connectivity index is 2.24. The first kappa shape index (κ1) is 12.8. The SMILES string of the molecule is CC(=O)c1ccc(NCc2ccc[nH]2)c([N+](=O)[O-])c1. The normalized spacial score (nSPS) is 10.2. The molecule has 2 rings (SSSR count). The molecule has 0 unspecified atom stereocenters. The summed E-state index contributed by atoms with van der Waals surface area (Å²) >= 11 is 0. The van der Waals surface area contributed by atoms with Gasteiger partial charge in [-0.2, -0.15) is 0 Å². The van der Waals surface area contributed by atoms with Gasteiger partial charge in [-0.1, -0.05) is 0 Å². The van der Waals surface area contributed by atoms with Crippen LogP contribution in [-0.2, 0) is 6.54 Å². The molecule has 1 heterocycles. The van der Waals surface area contributed by atoms with Gasteiger partial charge in [-0.15, -0.1) is 0 Å². The lowest BCUT2D eigenvalue weighted by molar-refractivity contribution is -0.384. The fourth-order valence-electron chi connectivity index (χ4n) is 1.72. The molecule has 6 nitrogen and oxygen atoms in total. The van der Waals surface area contributed by atoms with Crippen molar-refractivity contribution >= 4 is 17.2 Å². The number of aromatic nitrogens is 1. The molecule has 0 atom stereocenters. The minimum Gasteiger partial charge on any atom is -0.374 e. The Kier molecular flexibility index (Phi) is 3.61. The standard InChI is InChI=1S/C13H13N3O3/c1-9(17)10-4-5-12(13(7-10)16(18)19)15-8-11-3-2-6-14-11/h2-7,14-15H,8H2,1H3. The molecule has 0 aliphatic heterocycles. The molecule has 0 fully saturated rings. The predicted molar refractivity (Wildman–Crippen MR) is 71.2 cm³/mol. The molecule has 0 radical (unpaired) electrons. The molecule has 1 aromatic carbocycles. The van der Waals surface area contributed by atoms with Gasteiger partial charge in [-0.3, -0.25) is 14.9 Å². The Bertz CT molecular complexity index is 606. The number of Topliss-reactive ketones (excluding diaryl/α,β-unsaturated/α-hetero) is 1. The maximum Gasteiger partial charge on any atom is 0.293 e. The molecule has 0 amide bonds. The van der Waals surface area contributed by atoms with Crippen molar-refractivity contribution in [3.05, 3.63) is 57.9 Å². The largest absolute Gasteiger partial charge is 0.374 e. The van der Waals surface area contributed by atoms with Crippen LogP contribution in [0.1, 0.15) is 23.0 Å². The summed E-state index contributed by atoms with van der Waals surface area (Å²) in [6.45, 7) is 1.83. The second-order valence-electron chi connectivity index (χ2n) is 4.09. The quantitative estimate of drug-likeness (QED) is 0.491. The third-order valence-electron chi connectivity index (χ3n) is 2.73. The van der Waals surface area contributed by atoms with Gasteiger partial charge in [0.2, 0.25) is 0 Å². The second kappa shape index (κ2) is 5.34. The molecule has 0 bridgehead atoms. The van der Waals surface area contributed by atoms with Gasteiger partial charge in [0.05, 0.1) is 11.5 Å². The number of ketones is 1. The molecule has 0 saturated carbocycles. The first-order chi connectivity index (χ1) is 9.08. The summed E-state index contributed by atoms with van der Waals surface area (Å²) in [5, 5.41) is 14.0. The van der Waals surface area contributed by atoms with Gasteiger partial charge in [-0.25, -0.2) is 0 Å². The maximum atomic E-state index is 11.2. The number of H-pyrrole nitrogens is 1. The lowest BCUT2D eigenvalue weighted by Gasteiger charge is -2.07. The Morgan fingerprint density at radius 1 is 1.42 bits per heavy atom. The number of carbonyl (C=O) groups is 1. The Labute approximate surface area is 109 Å². The number of hydrogen-bond acceptors (Lipinski definition) is 4. The molecular formula is C13H13N3O3. The van der Waals surface area contributed by atoms with Crippen LogP contribution in [0.15, 0.2) is 36.5 Å². The topological polar surface area (TPSA) is 88.0 Å². The second-order valence-corrected chi connectivity index (χ2v) is 4.09. The summed E-state index contributed by atoms with van der Waals surface area (Å²) < 4.78 is 0. The number of benzene rings is 1. The van der Waals surface area contributed by atoms with Gasteiger partial charge >= 0.3 is 0 Å². The number of rotatable bonds is 5. The van der Waals surface area contributed by atoms with Crippen molar-refractivity contribution in [3.63, 3.8) is 0 Å². The third-order valence-corrected chi connectivity index (χ3v) is 2.73. The zero-order valence-electron chi connectivity index (χ0n) is 10.3. The molecule has 0 saturated heterocycles. The highest BCUT2D eigenvalue weighted by Crippen LogP contribution is 2.26. The van der Waals surface area contributed by atoms with Crippen molar-refractivity contribution in [1.29, 1.82) is 0 Å². The fraction of sp³-hybridized carbons (Fsp3) is 0.154. The summed E-state index contributed by atoms with van der Waals surface area (Å²) in [5.41, 5.74) is 1.55. The number of nitro groups is 1. The van der Waals surface area contributed by atoms with E-state index in [1.807, 2.05) is 12.1 Å². The zero-order chi connectivity index (χ0) is 13.8. The van der Waals surface area contributed by atoms with Crippen molar-refractivity contribution < 1.29 is 9.72 Å². The van der Waals surface area contributed by atoms with Crippen molar-refractivity contribution in [2.45, 2.75) is 13.5 Å². The monoisotopic (exact) mass is 259 g/mol. The summed E-state index contributed by atoms with van der Waals surface area (Å²) in [6, 6.07) is 8.15. The number of nitrogens with one attached hydrogen (secondary N) is 2. The van der Waals surface area contributed by atoms with Gasteiger partial charge in [0.1, 0.15) is 5.69 Å². The molecule has 2 N–H and O–H groups in total. The van der Waals surface area contributed by atoms with Gasteiger partial charge < -0.3 is 10.3 Å². The Hall–Kier alpha value is -2.63. The maximum absolute atomic E-state index is 11.2. The number of hydrogen-bond donors (Lipinski definition) is 2. The van der Waals surface area contributed by atoms with Crippen molar-refractivity contribution in [2.75, 3.05) is 5.32 Å². The first-order valence-electron chi connectivity index (χ1n) is 5.73. The summed E-state index contributed by atoms with van der Waals surface area (Å²) in [4.78, 5) is 24.7. The average molecular weight is 259 g/mol. The number of nitro benzene ring substituents is 1. The molecule has 98 valence electrons. The van der Waals surface area contributed by atoms with Crippen molar-refractivity contribution in [3.8, 4) is 0 Å². The van der Waals surface area contributed by atoms with Crippen LogP contribution in [-0.4, -0.2) is 15.7 Å². The highest BCUT2D eigenvalue weighted by atomic mass is 16.6. The van der Waals surface area contributed by atoms with E-state index in [-0.39, 0.29) is 11.5 Å². The van der Waals surface area contributed by atoms with E-state index in [0.717, 1.165) is 5.69 Å². The lowest BCUT2D eigenvalue weighted by Crippen LogP contribution is -2.04. The molecule has 19 heavy (non-hydrogen) atoms. The van der Waals surface area contributed by atoms with Crippen LogP contribution >= 0.6 is 0 Å². The van der Waals surface area contributed by atoms with E-state index in [1.165, 1.54) is 13.0 Å². The molecule has 1 aromatic heterocycles. The van der Waals surface area contributed by atoms with E-state index in [1.54, 1.807) is 18.3 Å². The Morgan fingerprint density at radius 3 is 2.79 bits per heavy atom. The van der Waals surface area contributed by atoms with E-state index in [9.17, 15) is 14.9 Å². The summed E-state index contributed by atoms with van der Waals surface area (Å²) in [7, 11) is 0. The van der Waals surface area contributed by atoms with Crippen LogP contribution in [0.5, 0.6) is 0 Å². The lowest BCUT2D eigenvalue weighted by atomic mass is 10.1. The Morgan fingerprint density at radius 2 is 2.21 bits per heavy atom. The van der Waals surface area contributed by atoms with Crippen LogP contribution in [0.4, 0.5) is 11.4 Å². The van der Waals surface area contributed by atoms with Gasteiger partial charge in [0.15, 0.2) is 5.78 Å². The van der Waals surface area contributed by atoms with E-state index in [2.05, 4.69) is 10.3 Å². The molecular weight excluding hydrogens is 246 g/mol. The highest BCUT2D eigenvalue weighted by molar-refractivity contribution is 5.95. The average Bonchev–Trinajstić information content (AvgIpc) is 2.89. The zero-order valence-corrected chi connectivity index (χ0v) is 10.3. The smallest absolute Gasteiger partial charge is 0.293 e. The van der Waals surface area contributed by atoms with Crippen LogP contribution in [0.2, 0.25) is 0 Å². The van der Waals surface area contributed by atoms with Gasteiger partial charge in [0.25, 0.3) is 5.69 Å². The predicted octanol–water partition coefficient (Wildman–Crippen LogP) is 2.74. The van der Waals surface area contributed by atoms with Crippen molar-refractivity contribution in [2.24, 2.45) is 0 Å². The molecule has 2 aromatic rings. The number of aromatic amines is 1. The molecule has 0 spiro atoms. The van der Waals surface area contributed by atoms with Gasteiger partial charge in [0, 0.05) is 23.5 Å². The van der Waals surface area contributed by atoms with E-state index in [4.69, 9.17) is 0 Å². The number of anilines is 1. The van der Waals surface area contributed by atoms with Crippen LogP contribution in [0.3, 0.4) is 0 Å². The minimum absolute atomic E-state index is 0.0979. The van der Waals surface area contributed by atoms with Crippen LogP contribution < -0.4 is 5.32 Å².